The molecule has 2 aromatic rings. The first-order chi connectivity index (χ1) is 10.0. The van der Waals surface area contributed by atoms with Gasteiger partial charge in [-0.25, -0.2) is 4.39 Å². The zero-order chi connectivity index (χ0) is 15.4. The Labute approximate surface area is 124 Å². The van der Waals surface area contributed by atoms with E-state index in [0.717, 1.165) is 17.8 Å². The van der Waals surface area contributed by atoms with Gasteiger partial charge in [-0.05, 0) is 56.2 Å². The fraction of sp³-hybridized carbons (Fsp3) is 0.235. The monoisotopic (exact) mass is 286 g/mol. The number of carbonyl (C=O) groups is 1. The predicted molar refractivity (Wildman–Crippen MR) is 84.4 cm³/mol. The average molecular weight is 286 g/mol. The molecule has 0 spiro atoms. The maximum atomic E-state index is 13.8. The van der Waals surface area contributed by atoms with Crippen LogP contribution in [-0.4, -0.2) is 12.5 Å². The average Bonchev–Trinajstić information content (AvgIpc) is 2.43. The highest BCUT2D eigenvalue weighted by atomic mass is 19.1. The van der Waals surface area contributed by atoms with Crippen molar-refractivity contribution >= 4 is 17.3 Å². The van der Waals surface area contributed by atoms with Crippen LogP contribution in [0.3, 0.4) is 0 Å². The number of carbonyl (C=O) groups excluding carboxylic acids is 1. The Morgan fingerprint density at radius 2 is 1.90 bits per heavy atom. The van der Waals surface area contributed by atoms with Gasteiger partial charge in [-0.15, -0.1) is 0 Å². The van der Waals surface area contributed by atoms with Crippen molar-refractivity contribution in [1.29, 1.82) is 0 Å². The third-order valence-electron chi connectivity index (χ3n) is 3.31. The summed E-state index contributed by atoms with van der Waals surface area (Å²) in [7, 11) is 0. The van der Waals surface area contributed by atoms with Gasteiger partial charge in [0.2, 0.25) is 0 Å². The lowest BCUT2D eigenvalue weighted by Gasteiger charge is -2.12. The number of halogens is 1. The molecule has 0 aliphatic heterocycles. The zero-order valence-corrected chi connectivity index (χ0v) is 12.5. The predicted octanol–water partition coefficient (Wildman–Crippen LogP) is 4.13. The lowest BCUT2D eigenvalue weighted by molar-refractivity contribution is 0.102. The third-order valence-corrected chi connectivity index (χ3v) is 3.31. The highest BCUT2D eigenvalue weighted by Gasteiger charge is 2.13. The van der Waals surface area contributed by atoms with Gasteiger partial charge in [0.15, 0.2) is 0 Å². The fourth-order valence-corrected chi connectivity index (χ4v) is 2.20. The maximum Gasteiger partial charge on any atom is 0.256 e. The fourth-order valence-electron chi connectivity index (χ4n) is 2.20. The van der Waals surface area contributed by atoms with Crippen LogP contribution in [0.4, 0.5) is 15.8 Å². The molecule has 21 heavy (non-hydrogen) atoms. The number of hydrogen-bond donors (Lipinski definition) is 2. The Kier molecular flexibility index (Phi) is 4.58. The molecule has 0 aromatic heterocycles. The molecule has 2 rings (SSSR count). The van der Waals surface area contributed by atoms with Crippen LogP contribution in [0, 0.1) is 19.7 Å². The molecule has 1 amide bonds. The van der Waals surface area contributed by atoms with Gasteiger partial charge in [0.25, 0.3) is 5.91 Å². The molecule has 0 aliphatic carbocycles. The minimum absolute atomic E-state index is 0.234. The van der Waals surface area contributed by atoms with E-state index in [4.69, 9.17) is 0 Å². The molecular weight excluding hydrogens is 267 g/mol. The number of amides is 1. The first-order valence-electron chi connectivity index (χ1n) is 6.94. The van der Waals surface area contributed by atoms with Crippen LogP contribution in [0.25, 0.3) is 0 Å². The lowest BCUT2D eigenvalue weighted by Crippen LogP contribution is -2.15. The standard InChI is InChI=1S/C17H19FN2O/c1-4-19-13-8-9-14(12(3)10-13)17(21)20-16-11(2)6-5-7-15(16)18/h5-10,19H,4H2,1-3H3,(H,20,21). The van der Waals surface area contributed by atoms with Gasteiger partial charge in [-0.3, -0.25) is 4.79 Å². The van der Waals surface area contributed by atoms with Crippen LogP contribution >= 0.6 is 0 Å². The second kappa shape index (κ2) is 6.39. The zero-order valence-electron chi connectivity index (χ0n) is 12.5. The van der Waals surface area contributed by atoms with Gasteiger partial charge >= 0.3 is 0 Å². The number of hydrogen-bond acceptors (Lipinski definition) is 2. The van der Waals surface area contributed by atoms with Crippen LogP contribution in [0.2, 0.25) is 0 Å². The quantitative estimate of drug-likeness (QED) is 0.887. The second-order valence-corrected chi connectivity index (χ2v) is 4.95. The summed E-state index contributed by atoms with van der Waals surface area (Å²) in [4.78, 5) is 12.3. The van der Waals surface area contributed by atoms with E-state index in [9.17, 15) is 9.18 Å². The van der Waals surface area contributed by atoms with E-state index in [-0.39, 0.29) is 11.6 Å². The molecule has 0 saturated carbocycles. The van der Waals surface area contributed by atoms with Crippen molar-refractivity contribution in [2.24, 2.45) is 0 Å². The summed E-state index contributed by atoms with van der Waals surface area (Å²) in [6.45, 7) is 6.46. The normalized spacial score (nSPS) is 10.3. The van der Waals surface area contributed by atoms with Crippen molar-refractivity contribution in [1.82, 2.24) is 0 Å². The van der Waals surface area contributed by atoms with E-state index >= 15 is 0 Å². The minimum Gasteiger partial charge on any atom is -0.385 e. The molecular formula is C17H19FN2O. The van der Waals surface area contributed by atoms with Gasteiger partial charge in [0.1, 0.15) is 5.82 Å². The van der Waals surface area contributed by atoms with Gasteiger partial charge in [0.05, 0.1) is 5.69 Å². The molecule has 0 atom stereocenters. The number of anilines is 2. The summed E-state index contributed by atoms with van der Waals surface area (Å²) in [5, 5.41) is 5.84. The largest absolute Gasteiger partial charge is 0.385 e. The highest BCUT2D eigenvalue weighted by Crippen LogP contribution is 2.21. The minimum atomic E-state index is -0.426. The molecule has 0 bridgehead atoms. The first kappa shape index (κ1) is 15.0. The van der Waals surface area contributed by atoms with Crippen LogP contribution < -0.4 is 10.6 Å². The summed E-state index contributed by atoms with van der Waals surface area (Å²) in [6, 6.07) is 10.2. The molecule has 0 aliphatic rings. The maximum absolute atomic E-state index is 13.8. The van der Waals surface area contributed by atoms with E-state index < -0.39 is 5.82 Å². The molecule has 0 fully saturated rings. The summed E-state index contributed by atoms with van der Waals surface area (Å²) >= 11 is 0. The molecule has 110 valence electrons. The Hall–Kier alpha value is -2.36. The molecule has 3 nitrogen and oxygen atoms in total. The Balaban J connectivity index is 2.25. The van der Waals surface area contributed by atoms with E-state index in [2.05, 4.69) is 10.6 Å². The number of aryl methyl sites for hydroxylation is 2. The number of nitrogens with one attached hydrogen (secondary N) is 2. The topological polar surface area (TPSA) is 41.1 Å². The van der Waals surface area contributed by atoms with Crippen molar-refractivity contribution in [2.75, 3.05) is 17.2 Å². The van der Waals surface area contributed by atoms with E-state index in [1.54, 1.807) is 25.1 Å². The first-order valence-corrected chi connectivity index (χ1v) is 6.94. The van der Waals surface area contributed by atoms with Gasteiger partial charge in [0, 0.05) is 17.8 Å². The molecule has 4 heteroatoms. The molecule has 0 unspecified atom stereocenters. The SMILES string of the molecule is CCNc1ccc(C(=O)Nc2c(C)cccc2F)c(C)c1. The van der Waals surface area contributed by atoms with Crippen molar-refractivity contribution < 1.29 is 9.18 Å². The van der Waals surface area contributed by atoms with Crippen molar-refractivity contribution in [3.05, 3.63) is 58.9 Å². The van der Waals surface area contributed by atoms with Gasteiger partial charge in [-0.2, -0.15) is 0 Å². The van der Waals surface area contributed by atoms with Crippen LogP contribution in [-0.2, 0) is 0 Å². The van der Waals surface area contributed by atoms with Gasteiger partial charge < -0.3 is 10.6 Å². The Morgan fingerprint density at radius 1 is 1.14 bits per heavy atom. The van der Waals surface area contributed by atoms with Crippen molar-refractivity contribution in [3.63, 3.8) is 0 Å². The van der Waals surface area contributed by atoms with Crippen LogP contribution in [0.5, 0.6) is 0 Å². The smallest absolute Gasteiger partial charge is 0.256 e. The van der Waals surface area contributed by atoms with E-state index in [1.165, 1.54) is 6.07 Å². The molecule has 0 radical (unpaired) electrons. The summed E-state index contributed by atoms with van der Waals surface area (Å²) in [5.74, 6) is -0.728. The summed E-state index contributed by atoms with van der Waals surface area (Å²) < 4.78 is 13.8. The van der Waals surface area contributed by atoms with Crippen molar-refractivity contribution in [2.45, 2.75) is 20.8 Å². The molecule has 2 N–H and O–H groups in total. The Morgan fingerprint density at radius 3 is 2.52 bits per heavy atom. The van der Waals surface area contributed by atoms with Crippen molar-refractivity contribution in [3.8, 4) is 0 Å². The van der Waals surface area contributed by atoms with Crippen LogP contribution in [0.15, 0.2) is 36.4 Å². The lowest BCUT2D eigenvalue weighted by atomic mass is 10.1. The summed E-state index contributed by atoms with van der Waals surface area (Å²) in [5.41, 5.74) is 3.29. The third kappa shape index (κ3) is 3.40. The highest BCUT2D eigenvalue weighted by molar-refractivity contribution is 6.05. The number of rotatable bonds is 4. The van der Waals surface area contributed by atoms with E-state index in [1.807, 2.05) is 26.0 Å². The second-order valence-electron chi connectivity index (χ2n) is 4.95. The molecule has 0 heterocycles. The summed E-state index contributed by atoms with van der Waals surface area (Å²) in [6.07, 6.45) is 0. The van der Waals surface area contributed by atoms with Gasteiger partial charge in [-0.1, -0.05) is 12.1 Å². The van der Waals surface area contributed by atoms with E-state index in [0.29, 0.717) is 11.1 Å². The van der Waals surface area contributed by atoms with Crippen LogP contribution in [0.1, 0.15) is 28.4 Å². The molecule has 0 saturated heterocycles. The number of para-hydroxylation sites is 1. The molecule has 2 aromatic carbocycles. The number of benzene rings is 2. The Bertz CT molecular complexity index is 648.